The molecule has 0 fully saturated rings. The molecule has 1 aromatic heterocycles. The highest BCUT2D eigenvalue weighted by Crippen LogP contribution is 2.14. The van der Waals surface area contributed by atoms with Gasteiger partial charge in [0.05, 0.1) is 4.90 Å². The fourth-order valence-corrected chi connectivity index (χ4v) is 3.12. The van der Waals surface area contributed by atoms with Crippen molar-refractivity contribution < 1.29 is 13.5 Å². The average molecular weight is 294 g/mol. The molecular formula is C14H18N2O3S. The minimum atomic E-state index is -3.60. The van der Waals surface area contributed by atoms with Crippen molar-refractivity contribution in [3.63, 3.8) is 0 Å². The Morgan fingerprint density at radius 1 is 1.30 bits per heavy atom. The standard InChI is InChI=1S/C14H18N2O3S/c1-11-5-3-6-12(9-11)20(18,19)15-10-14(17)13-7-4-8-16(13)2/h3-9,14-15,17H,10H2,1-2H3/t14-/m0/s1. The molecule has 2 N–H and O–H groups in total. The van der Waals surface area contributed by atoms with Crippen molar-refractivity contribution in [3.05, 3.63) is 53.9 Å². The SMILES string of the molecule is Cc1cccc(S(=O)(=O)NC[C@H](O)c2cccn2C)c1. The number of rotatable bonds is 5. The van der Waals surface area contributed by atoms with E-state index < -0.39 is 16.1 Å². The largest absolute Gasteiger partial charge is 0.386 e. The van der Waals surface area contributed by atoms with Gasteiger partial charge in [0.2, 0.25) is 10.0 Å². The van der Waals surface area contributed by atoms with Crippen LogP contribution in [0.5, 0.6) is 0 Å². The van der Waals surface area contributed by atoms with E-state index in [4.69, 9.17) is 0 Å². The number of aliphatic hydroxyl groups is 1. The first-order valence-corrected chi connectivity index (χ1v) is 7.74. The third-order valence-electron chi connectivity index (χ3n) is 3.09. The second-order valence-electron chi connectivity index (χ2n) is 4.73. The van der Waals surface area contributed by atoms with E-state index in [1.54, 1.807) is 42.1 Å². The van der Waals surface area contributed by atoms with Crippen molar-refractivity contribution in [3.8, 4) is 0 Å². The number of sulfonamides is 1. The first-order valence-electron chi connectivity index (χ1n) is 6.26. The summed E-state index contributed by atoms with van der Waals surface area (Å²) in [6.07, 6.45) is 0.919. The second kappa shape index (κ2) is 5.78. The lowest BCUT2D eigenvalue weighted by Gasteiger charge is -2.13. The Balaban J connectivity index is 2.08. The molecule has 2 rings (SSSR count). The summed E-state index contributed by atoms with van der Waals surface area (Å²) in [5, 5.41) is 10.0. The molecule has 0 aliphatic rings. The smallest absolute Gasteiger partial charge is 0.240 e. The average Bonchev–Trinajstić information content (AvgIpc) is 2.82. The van der Waals surface area contributed by atoms with Crippen LogP contribution in [-0.4, -0.2) is 24.6 Å². The van der Waals surface area contributed by atoms with E-state index in [2.05, 4.69) is 4.72 Å². The van der Waals surface area contributed by atoms with Crippen LogP contribution in [0.15, 0.2) is 47.5 Å². The quantitative estimate of drug-likeness (QED) is 0.874. The van der Waals surface area contributed by atoms with Crippen LogP contribution in [0, 0.1) is 6.92 Å². The highest BCUT2D eigenvalue weighted by Gasteiger charge is 2.17. The number of aryl methyl sites for hydroxylation is 2. The van der Waals surface area contributed by atoms with Gasteiger partial charge in [-0.2, -0.15) is 0 Å². The first-order chi connectivity index (χ1) is 9.40. The number of nitrogens with one attached hydrogen (secondary N) is 1. The number of hydrogen-bond acceptors (Lipinski definition) is 3. The Morgan fingerprint density at radius 3 is 2.65 bits per heavy atom. The lowest BCUT2D eigenvalue weighted by Crippen LogP contribution is -2.29. The number of hydrogen-bond donors (Lipinski definition) is 2. The molecule has 6 heteroatoms. The monoisotopic (exact) mass is 294 g/mol. The van der Waals surface area contributed by atoms with Crippen molar-refractivity contribution in [2.45, 2.75) is 17.9 Å². The number of nitrogens with zero attached hydrogens (tertiary/aromatic N) is 1. The van der Waals surface area contributed by atoms with Gasteiger partial charge >= 0.3 is 0 Å². The summed E-state index contributed by atoms with van der Waals surface area (Å²) < 4.78 is 28.4. The van der Waals surface area contributed by atoms with Gasteiger partial charge in [0.1, 0.15) is 6.10 Å². The summed E-state index contributed by atoms with van der Waals surface area (Å²) in [6, 6.07) is 10.2. The van der Waals surface area contributed by atoms with Crippen LogP contribution in [0.4, 0.5) is 0 Å². The molecule has 0 amide bonds. The molecule has 0 saturated carbocycles. The van der Waals surface area contributed by atoms with E-state index in [1.807, 2.05) is 13.0 Å². The van der Waals surface area contributed by atoms with Crippen molar-refractivity contribution in [2.75, 3.05) is 6.54 Å². The van der Waals surface area contributed by atoms with E-state index in [9.17, 15) is 13.5 Å². The van der Waals surface area contributed by atoms with E-state index in [0.717, 1.165) is 5.56 Å². The molecule has 1 atom stereocenters. The Bertz CT molecular complexity index is 692. The molecule has 108 valence electrons. The Labute approximate surface area is 118 Å². The Kier molecular flexibility index (Phi) is 4.27. The number of aromatic nitrogens is 1. The van der Waals surface area contributed by atoms with Crippen LogP contribution in [0.1, 0.15) is 17.4 Å². The van der Waals surface area contributed by atoms with Gasteiger partial charge in [-0.3, -0.25) is 0 Å². The highest BCUT2D eigenvalue weighted by atomic mass is 32.2. The van der Waals surface area contributed by atoms with Gasteiger partial charge < -0.3 is 9.67 Å². The predicted octanol–water partition coefficient (Wildman–Crippen LogP) is 1.35. The molecule has 0 spiro atoms. The molecule has 0 radical (unpaired) electrons. The van der Waals surface area contributed by atoms with Crippen LogP contribution >= 0.6 is 0 Å². The van der Waals surface area contributed by atoms with Crippen LogP contribution in [0.25, 0.3) is 0 Å². The fraction of sp³-hybridized carbons (Fsp3) is 0.286. The van der Waals surface area contributed by atoms with Crippen molar-refractivity contribution >= 4 is 10.0 Å². The lowest BCUT2D eigenvalue weighted by atomic mass is 10.2. The molecule has 1 aromatic carbocycles. The van der Waals surface area contributed by atoms with Crippen molar-refractivity contribution in [2.24, 2.45) is 7.05 Å². The molecule has 0 bridgehead atoms. The van der Waals surface area contributed by atoms with E-state index in [0.29, 0.717) is 5.69 Å². The zero-order valence-electron chi connectivity index (χ0n) is 11.4. The van der Waals surface area contributed by atoms with Gasteiger partial charge in [-0.1, -0.05) is 12.1 Å². The predicted molar refractivity (Wildman–Crippen MR) is 76.7 cm³/mol. The van der Waals surface area contributed by atoms with Crippen LogP contribution in [0.2, 0.25) is 0 Å². The first kappa shape index (κ1) is 14.8. The summed E-state index contributed by atoms with van der Waals surface area (Å²) in [5.41, 5.74) is 1.54. The normalized spacial score (nSPS) is 13.3. The number of aliphatic hydroxyl groups excluding tert-OH is 1. The third-order valence-corrected chi connectivity index (χ3v) is 4.51. The molecular weight excluding hydrogens is 276 g/mol. The van der Waals surface area contributed by atoms with Gasteiger partial charge in [0, 0.05) is 25.5 Å². The van der Waals surface area contributed by atoms with Gasteiger partial charge in [0.25, 0.3) is 0 Å². The molecule has 0 aliphatic heterocycles. The van der Waals surface area contributed by atoms with Crippen LogP contribution in [-0.2, 0) is 17.1 Å². The molecule has 0 unspecified atom stereocenters. The van der Waals surface area contributed by atoms with Gasteiger partial charge in [-0.15, -0.1) is 0 Å². The van der Waals surface area contributed by atoms with Crippen LogP contribution in [0.3, 0.4) is 0 Å². The minimum Gasteiger partial charge on any atom is -0.386 e. The summed E-state index contributed by atoms with van der Waals surface area (Å²) in [7, 11) is -1.80. The molecule has 2 aromatic rings. The maximum atomic E-state index is 12.1. The molecule has 1 heterocycles. The zero-order valence-corrected chi connectivity index (χ0v) is 12.3. The van der Waals surface area contributed by atoms with Crippen LogP contribution < -0.4 is 4.72 Å². The maximum Gasteiger partial charge on any atom is 0.240 e. The molecule has 0 saturated heterocycles. The zero-order chi connectivity index (χ0) is 14.8. The fourth-order valence-electron chi connectivity index (χ4n) is 1.98. The van der Waals surface area contributed by atoms with E-state index in [1.165, 1.54) is 6.07 Å². The maximum absolute atomic E-state index is 12.1. The summed E-state index contributed by atoms with van der Waals surface area (Å²) in [5.74, 6) is 0. The Morgan fingerprint density at radius 2 is 2.05 bits per heavy atom. The molecule has 5 nitrogen and oxygen atoms in total. The molecule has 0 aliphatic carbocycles. The van der Waals surface area contributed by atoms with E-state index in [-0.39, 0.29) is 11.4 Å². The lowest BCUT2D eigenvalue weighted by molar-refractivity contribution is 0.173. The Hall–Kier alpha value is -1.63. The van der Waals surface area contributed by atoms with Crippen molar-refractivity contribution in [1.29, 1.82) is 0 Å². The number of benzene rings is 1. The molecule has 20 heavy (non-hydrogen) atoms. The summed E-state index contributed by atoms with van der Waals surface area (Å²) >= 11 is 0. The van der Waals surface area contributed by atoms with Gasteiger partial charge in [0.15, 0.2) is 0 Å². The van der Waals surface area contributed by atoms with E-state index >= 15 is 0 Å². The van der Waals surface area contributed by atoms with Gasteiger partial charge in [-0.25, -0.2) is 13.1 Å². The van der Waals surface area contributed by atoms with Gasteiger partial charge in [-0.05, 0) is 36.8 Å². The summed E-state index contributed by atoms with van der Waals surface area (Å²) in [6.45, 7) is 1.77. The minimum absolute atomic E-state index is 0.0614. The topological polar surface area (TPSA) is 71.3 Å². The van der Waals surface area contributed by atoms with Crippen molar-refractivity contribution in [1.82, 2.24) is 9.29 Å². The third kappa shape index (κ3) is 3.27. The highest BCUT2D eigenvalue weighted by molar-refractivity contribution is 7.89. The summed E-state index contributed by atoms with van der Waals surface area (Å²) in [4.78, 5) is 0.205. The second-order valence-corrected chi connectivity index (χ2v) is 6.50.